The van der Waals surface area contributed by atoms with Crippen molar-refractivity contribution >= 4 is 23.7 Å². The Balaban J connectivity index is 1.84. The zero-order valence-electron chi connectivity index (χ0n) is 12.4. The minimum atomic E-state index is -0.277. The lowest BCUT2D eigenvalue weighted by atomic mass is 10.1. The number of ether oxygens (including phenoxy) is 2. The highest BCUT2D eigenvalue weighted by Gasteiger charge is 2.23. The van der Waals surface area contributed by atoms with E-state index in [1.807, 2.05) is 13.8 Å². The molecule has 6 heteroatoms. The standard InChI is InChI=1S/C16H16N2O4/c1-9-7-13(19)21-15(17-9)11-3-5-12(6-4-11)16-18-10(2)8-14(20)22-16/h3-6,9-10H,7-8H2,1-2H3. The number of carbonyl (C=O) groups excluding carboxylic acids is 2. The first-order valence-electron chi connectivity index (χ1n) is 7.19. The highest BCUT2D eigenvalue weighted by Crippen LogP contribution is 2.17. The predicted molar refractivity (Wildman–Crippen MR) is 79.9 cm³/mol. The fourth-order valence-electron chi connectivity index (χ4n) is 2.35. The molecule has 0 saturated heterocycles. The van der Waals surface area contributed by atoms with Crippen LogP contribution in [0.5, 0.6) is 0 Å². The molecule has 22 heavy (non-hydrogen) atoms. The first-order valence-corrected chi connectivity index (χ1v) is 7.19. The molecule has 0 bridgehead atoms. The molecule has 2 unspecified atom stereocenters. The lowest BCUT2D eigenvalue weighted by Gasteiger charge is -2.18. The summed E-state index contributed by atoms with van der Waals surface area (Å²) in [5, 5.41) is 0. The Labute approximate surface area is 127 Å². The van der Waals surface area contributed by atoms with E-state index in [9.17, 15) is 9.59 Å². The van der Waals surface area contributed by atoms with Crippen molar-refractivity contribution in [3.05, 3.63) is 35.4 Å². The Morgan fingerprint density at radius 3 is 1.50 bits per heavy atom. The molecular formula is C16H16N2O4. The molecule has 2 aliphatic rings. The first kappa shape index (κ1) is 14.4. The third kappa shape index (κ3) is 3.05. The maximum atomic E-state index is 11.5. The second-order valence-corrected chi connectivity index (χ2v) is 5.50. The molecule has 1 aromatic rings. The van der Waals surface area contributed by atoms with Gasteiger partial charge in [0.1, 0.15) is 0 Å². The van der Waals surface area contributed by atoms with Gasteiger partial charge in [-0.15, -0.1) is 0 Å². The molecule has 2 aliphatic heterocycles. The van der Waals surface area contributed by atoms with Crippen molar-refractivity contribution in [3.63, 3.8) is 0 Å². The second-order valence-electron chi connectivity index (χ2n) is 5.50. The maximum Gasteiger partial charge on any atom is 0.314 e. The molecule has 6 nitrogen and oxygen atoms in total. The molecule has 0 saturated carbocycles. The average molecular weight is 300 g/mol. The monoisotopic (exact) mass is 300 g/mol. The van der Waals surface area contributed by atoms with E-state index in [1.165, 1.54) is 0 Å². The van der Waals surface area contributed by atoms with Crippen LogP contribution in [0.1, 0.15) is 37.8 Å². The Bertz CT molecular complexity index is 617. The van der Waals surface area contributed by atoms with Crippen molar-refractivity contribution < 1.29 is 19.1 Å². The maximum absolute atomic E-state index is 11.5. The van der Waals surface area contributed by atoms with E-state index in [1.54, 1.807) is 24.3 Å². The van der Waals surface area contributed by atoms with E-state index < -0.39 is 0 Å². The van der Waals surface area contributed by atoms with Gasteiger partial charge in [-0.1, -0.05) is 0 Å². The molecule has 2 atom stereocenters. The topological polar surface area (TPSA) is 77.3 Å². The van der Waals surface area contributed by atoms with Crippen LogP contribution in [0.4, 0.5) is 0 Å². The average Bonchev–Trinajstić information content (AvgIpc) is 2.45. The van der Waals surface area contributed by atoms with Gasteiger partial charge in [0.15, 0.2) is 0 Å². The summed E-state index contributed by atoms with van der Waals surface area (Å²) in [6, 6.07) is 6.93. The van der Waals surface area contributed by atoms with E-state index in [0.29, 0.717) is 35.8 Å². The van der Waals surface area contributed by atoms with Gasteiger partial charge in [-0.3, -0.25) is 9.59 Å². The third-order valence-electron chi connectivity index (χ3n) is 3.40. The summed E-state index contributed by atoms with van der Waals surface area (Å²) in [5.74, 6) is 0.0967. The van der Waals surface area contributed by atoms with Crippen molar-refractivity contribution in [1.82, 2.24) is 0 Å². The lowest BCUT2D eigenvalue weighted by Crippen LogP contribution is -2.25. The number of hydrogen-bond acceptors (Lipinski definition) is 6. The molecule has 3 rings (SSSR count). The van der Waals surface area contributed by atoms with Gasteiger partial charge < -0.3 is 9.47 Å². The first-order chi connectivity index (χ1) is 10.5. The van der Waals surface area contributed by atoms with E-state index in [-0.39, 0.29) is 24.0 Å². The van der Waals surface area contributed by atoms with E-state index in [4.69, 9.17) is 9.47 Å². The van der Waals surface area contributed by atoms with Crippen LogP contribution in [0.25, 0.3) is 0 Å². The van der Waals surface area contributed by atoms with Crippen LogP contribution >= 0.6 is 0 Å². The fraction of sp³-hybridized carbons (Fsp3) is 0.375. The number of aliphatic imine (C=N–C) groups is 2. The Morgan fingerprint density at radius 2 is 1.18 bits per heavy atom. The van der Waals surface area contributed by atoms with E-state index in [0.717, 1.165) is 0 Å². The van der Waals surface area contributed by atoms with E-state index >= 15 is 0 Å². The summed E-state index contributed by atoms with van der Waals surface area (Å²) in [7, 11) is 0. The zero-order chi connectivity index (χ0) is 15.7. The Morgan fingerprint density at radius 1 is 0.818 bits per heavy atom. The molecule has 0 aliphatic carbocycles. The van der Waals surface area contributed by atoms with Gasteiger partial charge in [-0.05, 0) is 38.1 Å². The quantitative estimate of drug-likeness (QED) is 0.781. The van der Waals surface area contributed by atoms with Crippen LogP contribution in [-0.2, 0) is 19.1 Å². The highest BCUT2D eigenvalue weighted by atomic mass is 16.5. The number of esters is 2. The third-order valence-corrected chi connectivity index (χ3v) is 3.40. The van der Waals surface area contributed by atoms with Crippen LogP contribution in [0.2, 0.25) is 0 Å². The summed E-state index contributed by atoms with van der Waals surface area (Å²) in [4.78, 5) is 31.6. The predicted octanol–water partition coefficient (Wildman–Crippen LogP) is 1.85. The van der Waals surface area contributed by atoms with Crippen molar-refractivity contribution in [2.24, 2.45) is 9.98 Å². The molecule has 1 aromatic carbocycles. The van der Waals surface area contributed by atoms with Gasteiger partial charge in [0.25, 0.3) is 0 Å². The number of hydrogen-bond donors (Lipinski definition) is 0. The summed E-state index contributed by atoms with van der Waals surface area (Å²) in [6.07, 6.45) is 0.596. The van der Waals surface area contributed by atoms with Crippen LogP contribution < -0.4 is 0 Å². The van der Waals surface area contributed by atoms with Crippen molar-refractivity contribution in [2.75, 3.05) is 0 Å². The molecule has 114 valence electrons. The zero-order valence-corrected chi connectivity index (χ0v) is 12.4. The second kappa shape index (κ2) is 5.71. The summed E-state index contributed by atoms with van der Waals surface area (Å²) in [5.41, 5.74) is 1.42. The fourth-order valence-corrected chi connectivity index (χ4v) is 2.35. The van der Waals surface area contributed by atoms with Crippen LogP contribution in [0.15, 0.2) is 34.3 Å². The smallest absolute Gasteiger partial charge is 0.314 e. The van der Waals surface area contributed by atoms with Gasteiger partial charge in [0, 0.05) is 11.1 Å². The number of cyclic esters (lactones) is 2. The van der Waals surface area contributed by atoms with Crippen LogP contribution in [0.3, 0.4) is 0 Å². The van der Waals surface area contributed by atoms with Crippen molar-refractivity contribution in [3.8, 4) is 0 Å². The molecule has 0 aromatic heterocycles. The molecule has 0 amide bonds. The number of benzene rings is 1. The number of nitrogens with zero attached hydrogens (tertiary/aromatic N) is 2. The van der Waals surface area contributed by atoms with Crippen LogP contribution in [-0.4, -0.2) is 35.8 Å². The summed E-state index contributed by atoms with van der Waals surface area (Å²) >= 11 is 0. The van der Waals surface area contributed by atoms with Crippen molar-refractivity contribution in [1.29, 1.82) is 0 Å². The largest absolute Gasteiger partial charge is 0.407 e. The molecule has 0 fully saturated rings. The highest BCUT2D eigenvalue weighted by molar-refractivity contribution is 6.04. The molecule has 0 N–H and O–H groups in total. The van der Waals surface area contributed by atoms with Gasteiger partial charge in [-0.25, -0.2) is 9.98 Å². The lowest BCUT2D eigenvalue weighted by molar-refractivity contribution is -0.137. The normalized spacial score (nSPS) is 25.0. The molecule has 0 radical (unpaired) electrons. The minimum Gasteiger partial charge on any atom is -0.407 e. The molecule has 2 heterocycles. The minimum absolute atomic E-state index is 0.0829. The van der Waals surface area contributed by atoms with Crippen molar-refractivity contribution in [2.45, 2.75) is 38.8 Å². The summed E-state index contributed by atoms with van der Waals surface area (Å²) < 4.78 is 10.3. The molecular weight excluding hydrogens is 284 g/mol. The SMILES string of the molecule is CC1CC(=O)OC(c2ccc(C3=NC(C)CC(=O)O3)cc2)=N1. The molecule has 0 spiro atoms. The number of rotatable bonds is 2. The Hall–Kier alpha value is -2.50. The Kier molecular flexibility index (Phi) is 3.75. The summed E-state index contributed by atoms with van der Waals surface area (Å²) in [6.45, 7) is 3.73. The van der Waals surface area contributed by atoms with Crippen LogP contribution in [0, 0.1) is 0 Å². The van der Waals surface area contributed by atoms with Gasteiger partial charge >= 0.3 is 11.9 Å². The van der Waals surface area contributed by atoms with Gasteiger partial charge in [-0.2, -0.15) is 0 Å². The van der Waals surface area contributed by atoms with Gasteiger partial charge in [0.05, 0.1) is 24.9 Å². The van der Waals surface area contributed by atoms with E-state index in [2.05, 4.69) is 9.98 Å². The number of carbonyl (C=O) groups is 2. The van der Waals surface area contributed by atoms with Gasteiger partial charge in [0.2, 0.25) is 11.8 Å².